The molecule has 0 bridgehead atoms. The van der Waals surface area contributed by atoms with E-state index in [2.05, 4.69) is 5.32 Å². The third kappa shape index (κ3) is 4.10. The van der Waals surface area contributed by atoms with Crippen LogP contribution < -0.4 is 5.32 Å². The number of amides is 1. The standard InChI is InChI=1S/C16H21NO3/c18-10-9-14(13-6-2-1-3-7-13)12-17-16(19)15-8-4-5-11-20-15/h1-3,6-8,14,18H,4-5,9-12H2,(H,17,19)/t14-/m0/s1. The first-order chi connectivity index (χ1) is 9.81. The van der Waals surface area contributed by atoms with Gasteiger partial charge in [0.1, 0.15) is 0 Å². The molecule has 1 aromatic carbocycles. The Morgan fingerprint density at radius 2 is 2.15 bits per heavy atom. The van der Waals surface area contributed by atoms with Gasteiger partial charge in [-0.25, -0.2) is 0 Å². The number of rotatable bonds is 6. The molecule has 0 unspecified atom stereocenters. The van der Waals surface area contributed by atoms with E-state index in [4.69, 9.17) is 9.84 Å². The van der Waals surface area contributed by atoms with Gasteiger partial charge in [0, 0.05) is 19.1 Å². The summed E-state index contributed by atoms with van der Waals surface area (Å²) in [5.41, 5.74) is 1.13. The minimum absolute atomic E-state index is 0.106. The molecule has 1 aromatic rings. The normalized spacial score (nSPS) is 15.9. The van der Waals surface area contributed by atoms with Crippen molar-refractivity contribution in [1.29, 1.82) is 0 Å². The van der Waals surface area contributed by atoms with E-state index in [0.29, 0.717) is 25.3 Å². The zero-order valence-electron chi connectivity index (χ0n) is 11.5. The van der Waals surface area contributed by atoms with E-state index in [1.54, 1.807) is 0 Å². The van der Waals surface area contributed by atoms with Crippen molar-refractivity contribution < 1.29 is 14.6 Å². The molecular weight excluding hydrogens is 254 g/mol. The molecule has 1 aliphatic heterocycles. The monoisotopic (exact) mass is 275 g/mol. The molecule has 1 heterocycles. The van der Waals surface area contributed by atoms with Gasteiger partial charge < -0.3 is 15.2 Å². The third-order valence-corrected chi connectivity index (χ3v) is 3.42. The van der Waals surface area contributed by atoms with Gasteiger partial charge in [0.15, 0.2) is 5.76 Å². The van der Waals surface area contributed by atoms with E-state index in [0.717, 1.165) is 18.4 Å². The van der Waals surface area contributed by atoms with Crippen molar-refractivity contribution >= 4 is 5.91 Å². The number of carbonyl (C=O) groups is 1. The van der Waals surface area contributed by atoms with Crippen LogP contribution in [0.25, 0.3) is 0 Å². The van der Waals surface area contributed by atoms with Crippen LogP contribution in [0.5, 0.6) is 0 Å². The van der Waals surface area contributed by atoms with Crippen molar-refractivity contribution in [3.63, 3.8) is 0 Å². The summed E-state index contributed by atoms with van der Waals surface area (Å²) < 4.78 is 5.34. The zero-order chi connectivity index (χ0) is 14.2. The second-order valence-corrected chi connectivity index (χ2v) is 4.89. The predicted molar refractivity (Wildman–Crippen MR) is 77.2 cm³/mol. The highest BCUT2D eigenvalue weighted by molar-refractivity contribution is 5.91. The van der Waals surface area contributed by atoms with Gasteiger partial charge in [-0.3, -0.25) is 4.79 Å². The van der Waals surface area contributed by atoms with Gasteiger partial charge in [-0.2, -0.15) is 0 Å². The average molecular weight is 275 g/mol. The molecule has 1 amide bonds. The smallest absolute Gasteiger partial charge is 0.286 e. The Morgan fingerprint density at radius 1 is 1.35 bits per heavy atom. The maximum atomic E-state index is 12.0. The second kappa shape index (κ2) is 7.70. The molecule has 4 heteroatoms. The average Bonchev–Trinajstić information content (AvgIpc) is 2.53. The lowest BCUT2D eigenvalue weighted by molar-refractivity contribution is -0.121. The first kappa shape index (κ1) is 14.6. The Kier molecular flexibility index (Phi) is 5.62. The van der Waals surface area contributed by atoms with E-state index >= 15 is 0 Å². The van der Waals surface area contributed by atoms with E-state index in [1.165, 1.54) is 0 Å². The predicted octanol–water partition coefficient (Wildman–Crippen LogP) is 1.96. The van der Waals surface area contributed by atoms with Gasteiger partial charge >= 0.3 is 0 Å². The fraction of sp³-hybridized carbons (Fsp3) is 0.438. The van der Waals surface area contributed by atoms with Crippen molar-refractivity contribution in [1.82, 2.24) is 5.32 Å². The number of carbonyl (C=O) groups excluding carboxylic acids is 1. The molecular formula is C16H21NO3. The molecule has 4 nitrogen and oxygen atoms in total. The molecule has 0 saturated carbocycles. The van der Waals surface area contributed by atoms with Crippen LogP contribution in [-0.4, -0.2) is 30.8 Å². The molecule has 0 fully saturated rings. The molecule has 20 heavy (non-hydrogen) atoms. The largest absolute Gasteiger partial charge is 0.488 e. The number of nitrogens with one attached hydrogen (secondary N) is 1. The molecule has 0 spiro atoms. The Bertz CT molecular complexity index is 456. The van der Waals surface area contributed by atoms with Crippen LogP contribution in [0.4, 0.5) is 0 Å². The third-order valence-electron chi connectivity index (χ3n) is 3.42. The quantitative estimate of drug-likeness (QED) is 0.834. The van der Waals surface area contributed by atoms with E-state index in [9.17, 15) is 4.79 Å². The van der Waals surface area contributed by atoms with Crippen molar-refractivity contribution in [2.75, 3.05) is 19.8 Å². The summed E-state index contributed by atoms with van der Waals surface area (Å²) in [6.07, 6.45) is 4.32. The molecule has 0 aliphatic carbocycles. The van der Waals surface area contributed by atoms with Crippen molar-refractivity contribution in [3.05, 3.63) is 47.7 Å². The molecule has 1 aliphatic rings. The topological polar surface area (TPSA) is 58.6 Å². The number of ether oxygens (including phenoxy) is 1. The first-order valence-electron chi connectivity index (χ1n) is 7.08. The maximum Gasteiger partial charge on any atom is 0.286 e. The van der Waals surface area contributed by atoms with Crippen molar-refractivity contribution in [2.24, 2.45) is 0 Å². The van der Waals surface area contributed by atoms with Crippen LogP contribution in [0.15, 0.2) is 42.2 Å². The lowest BCUT2D eigenvalue weighted by Crippen LogP contribution is -2.31. The van der Waals surface area contributed by atoms with Gasteiger partial charge in [0.25, 0.3) is 5.91 Å². The summed E-state index contributed by atoms with van der Waals surface area (Å²) in [6, 6.07) is 9.92. The lowest BCUT2D eigenvalue weighted by Gasteiger charge is -2.19. The number of hydrogen-bond acceptors (Lipinski definition) is 3. The summed E-state index contributed by atoms with van der Waals surface area (Å²) in [5, 5.41) is 12.1. The fourth-order valence-corrected chi connectivity index (χ4v) is 2.29. The minimum Gasteiger partial charge on any atom is -0.488 e. The SMILES string of the molecule is O=C(NC[C@H](CCO)c1ccccc1)C1=CCCCO1. The van der Waals surface area contributed by atoms with Gasteiger partial charge in [0.05, 0.1) is 6.61 Å². The Morgan fingerprint density at radius 3 is 2.80 bits per heavy atom. The van der Waals surface area contributed by atoms with Crippen LogP contribution in [0, 0.1) is 0 Å². The Hall–Kier alpha value is -1.81. The number of aliphatic hydroxyl groups excluding tert-OH is 1. The Labute approximate surface area is 119 Å². The highest BCUT2D eigenvalue weighted by Crippen LogP contribution is 2.18. The molecule has 0 saturated heterocycles. The summed E-state index contributed by atoms with van der Waals surface area (Å²) in [5.74, 6) is 0.380. The van der Waals surface area contributed by atoms with E-state index < -0.39 is 0 Å². The number of aliphatic hydroxyl groups is 1. The zero-order valence-corrected chi connectivity index (χ0v) is 11.5. The van der Waals surface area contributed by atoms with Gasteiger partial charge in [-0.15, -0.1) is 0 Å². The molecule has 0 aromatic heterocycles. The lowest BCUT2D eigenvalue weighted by atomic mass is 9.96. The van der Waals surface area contributed by atoms with Gasteiger partial charge in [-0.1, -0.05) is 30.3 Å². The molecule has 0 radical (unpaired) electrons. The molecule has 1 atom stereocenters. The highest BCUT2D eigenvalue weighted by Gasteiger charge is 2.16. The van der Waals surface area contributed by atoms with Gasteiger partial charge in [0.2, 0.25) is 0 Å². The molecule has 108 valence electrons. The van der Waals surface area contributed by atoms with E-state index in [1.807, 2.05) is 36.4 Å². The van der Waals surface area contributed by atoms with Crippen LogP contribution in [0.1, 0.15) is 30.7 Å². The first-order valence-corrected chi connectivity index (χ1v) is 7.08. The van der Waals surface area contributed by atoms with Crippen LogP contribution >= 0.6 is 0 Å². The highest BCUT2D eigenvalue weighted by atomic mass is 16.5. The van der Waals surface area contributed by atoms with Crippen molar-refractivity contribution in [2.45, 2.75) is 25.2 Å². The second-order valence-electron chi connectivity index (χ2n) is 4.89. The van der Waals surface area contributed by atoms with Crippen LogP contribution in [0.2, 0.25) is 0 Å². The number of allylic oxidation sites excluding steroid dienone is 1. The van der Waals surface area contributed by atoms with Crippen LogP contribution in [0.3, 0.4) is 0 Å². The maximum absolute atomic E-state index is 12.0. The van der Waals surface area contributed by atoms with E-state index in [-0.39, 0.29) is 18.4 Å². The number of benzene rings is 1. The van der Waals surface area contributed by atoms with Gasteiger partial charge in [-0.05, 0) is 30.9 Å². The number of hydrogen-bond donors (Lipinski definition) is 2. The molecule has 2 N–H and O–H groups in total. The summed E-state index contributed by atoms with van der Waals surface area (Å²) in [4.78, 5) is 12.0. The Balaban J connectivity index is 1.92. The summed E-state index contributed by atoms with van der Waals surface area (Å²) in [7, 11) is 0. The van der Waals surface area contributed by atoms with Crippen LogP contribution in [-0.2, 0) is 9.53 Å². The van der Waals surface area contributed by atoms with Crippen molar-refractivity contribution in [3.8, 4) is 0 Å². The minimum atomic E-state index is -0.163. The summed E-state index contributed by atoms with van der Waals surface area (Å²) in [6.45, 7) is 1.22. The fourth-order valence-electron chi connectivity index (χ4n) is 2.29. The molecule has 2 rings (SSSR count). The summed E-state index contributed by atoms with van der Waals surface area (Å²) >= 11 is 0.